The van der Waals surface area contributed by atoms with Gasteiger partial charge in [0.15, 0.2) is 0 Å². The van der Waals surface area contributed by atoms with E-state index in [2.05, 4.69) is 10.6 Å². The predicted molar refractivity (Wildman–Crippen MR) is 128 cm³/mol. The summed E-state index contributed by atoms with van der Waals surface area (Å²) >= 11 is 0. The van der Waals surface area contributed by atoms with Crippen molar-refractivity contribution in [3.05, 3.63) is 54.1 Å². The molecule has 4 rings (SSSR count). The van der Waals surface area contributed by atoms with Crippen LogP contribution in [0.25, 0.3) is 0 Å². The van der Waals surface area contributed by atoms with Crippen molar-refractivity contribution in [3.8, 4) is 0 Å². The van der Waals surface area contributed by atoms with Crippen molar-refractivity contribution in [1.29, 1.82) is 0 Å². The average molecular weight is 470 g/mol. The fraction of sp³-hybridized carbons (Fsp3) is 0.440. The molecule has 0 radical (unpaired) electrons. The van der Waals surface area contributed by atoms with Crippen LogP contribution < -0.4 is 10.6 Å². The van der Waals surface area contributed by atoms with Gasteiger partial charge < -0.3 is 10.6 Å². The van der Waals surface area contributed by atoms with Crippen molar-refractivity contribution < 1.29 is 18.0 Å². The molecule has 2 aliphatic rings. The largest absolute Gasteiger partial charge is 0.326 e. The highest BCUT2D eigenvalue weighted by molar-refractivity contribution is 7.89. The molecule has 33 heavy (non-hydrogen) atoms. The van der Waals surface area contributed by atoms with Crippen molar-refractivity contribution in [3.63, 3.8) is 0 Å². The van der Waals surface area contributed by atoms with Crippen LogP contribution in [0.5, 0.6) is 0 Å². The van der Waals surface area contributed by atoms with E-state index in [1.807, 2.05) is 24.3 Å². The van der Waals surface area contributed by atoms with Crippen LogP contribution >= 0.6 is 0 Å². The Balaban J connectivity index is 1.31. The minimum Gasteiger partial charge on any atom is -0.326 e. The molecule has 2 aromatic rings. The normalized spacial score (nSPS) is 19.1. The molecule has 1 aliphatic heterocycles. The third kappa shape index (κ3) is 5.45. The van der Waals surface area contributed by atoms with Crippen LogP contribution in [-0.4, -0.2) is 37.6 Å². The van der Waals surface area contributed by atoms with E-state index in [1.54, 1.807) is 19.2 Å². The van der Waals surface area contributed by atoms with Crippen molar-refractivity contribution in [1.82, 2.24) is 4.31 Å². The van der Waals surface area contributed by atoms with Crippen LogP contribution in [0.3, 0.4) is 0 Å². The monoisotopic (exact) mass is 469 g/mol. The molecule has 1 saturated carbocycles. The van der Waals surface area contributed by atoms with E-state index >= 15 is 0 Å². The third-order valence-corrected chi connectivity index (χ3v) is 8.66. The predicted octanol–water partition coefficient (Wildman–Crippen LogP) is 4.17. The molecule has 8 heteroatoms. The number of fused-ring (bicyclic) bond motifs is 1. The number of hydrogen-bond acceptors (Lipinski definition) is 4. The molecule has 1 heterocycles. The van der Waals surface area contributed by atoms with Crippen LogP contribution in [0.15, 0.2) is 53.4 Å². The summed E-state index contributed by atoms with van der Waals surface area (Å²) in [6, 6.07) is 14.1. The zero-order valence-electron chi connectivity index (χ0n) is 18.9. The highest BCUT2D eigenvalue weighted by Gasteiger charge is 2.29. The molecule has 7 nitrogen and oxygen atoms in total. The molecule has 0 saturated heterocycles. The lowest BCUT2D eigenvalue weighted by Gasteiger charge is -2.30. The lowest BCUT2D eigenvalue weighted by atomic mass is 9.89. The summed E-state index contributed by atoms with van der Waals surface area (Å²) in [5.41, 5.74) is 2.46. The van der Waals surface area contributed by atoms with E-state index in [0.717, 1.165) is 43.4 Å². The van der Waals surface area contributed by atoms with Gasteiger partial charge in [0, 0.05) is 36.8 Å². The number of sulfonamides is 1. The lowest BCUT2D eigenvalue weighted by molar-refractivity contribution is -0.121. The highest BCUT2D eigenvalue weighted by atomic mass is 32.2. The molecule has 0 bridgehead atoms. The van der Waals surface area contributed by atoms with Gasteiger partial charge in [0.1, 0.15) is 0 Å². The van der Waals surface area contributed by atoms with Gasteiger partial charge >= 0.3 is 0 Å². The van der Waals surface area contributed by atoms with E-state index in [-0.39, 0.29) is 35.1 Å². The summed E-state index contributed by atoms with van der Waals surface area (Å²) in [5, 5.41) is 5.71. The molecule has 176 valence electrons. The van der Waals surface area contributed by atoms with Crippen LogP contribution in [0.1, 0.15) is 50.5 Å². The SMILES string of the molecule is CN(C1CCCCC1)S(=O)(=O)c1ccc(NC(=O)CCC2Cc3ccccc3NC2=O)cc1. The second kappa shape index (κ2) is 10.1. The Morgan fingerprint density at radius 1 is 1.06 bits per heavy atom. The highest BCUT2D eigenvalue weighted by Crippen LogP contribution is 2.29. The first-order chi connectivity index (χ1) is 15.8. The number of rotatable bonds is 7. The van der Waals surface area contributed by atoms with Crippen molar-refractivity contribution in [2.45, 2.75) is 62.3 Å². The number of amides is 2. The lowest BCUT2D eigenvalue weighted by Crippen LogP contribution is -2.38. The molecule has 1 unspecified atom stereocenters. The van der Waals surface area contributed by atoms with Gasteiger partial charge in [-0.3, -0.25) is 9.59 Å². The van der Waals surface area contributed by atoms with Crippen LogP contribution in [0.2, 0.25) is 0 Å². The summed E-state index contributed by atoms with van der Waals surface area (Å²) < 4.78 is 27.4. The fourth-order valence-electron chi connectivity index (χ4n) is 4.69. The molecule has 0 aromatic heterocycles. The number of para-hydroxylation sites is 1. The maximum atomic E-state index is 13.0. The first-order valence-electron chi connectivity index (χ1n) is 11.6. The Morgan fingerprint density at radius 2 is 1.76 bits per heavy atom. The van der Waals surface area contributed by atoms with E-state index in [9.17, 15) is 18.0 Å². The molecule has 1 aliphatic carbocycles. The average Bonchev–Trinajstić information content (AvgIpc) is 2.83. The van der Waals surface area contributed by atoms with Crippen molar-refractivity contribution in [2.24, 2.45) is 5.92 Å². The number of nitrogens with one attached hydrogen (secondary N) is 2. The van der Waals surface area contributed by atoms with Gasteiger partial charge in [-0.1, -0.05) is 37.5 Å². The minimum atomic E-state index is -3.56. The summed E-state index contributed by atoms with van der Waals surface area (Å²) in [5.74, 6) is -0.497. The first-order valence-corrected chi connectivity index (χ1v) is 13.1. The minimum absolute atomic E-state index is 0.0482. The van der Waals surface area contributed by atoms with E-state index in [4.69, 9.17) is 0 Å². The van der Waals surface area contributed by atoms with E-state index in [1.165, 1.54) is 16.4 Å². The Kier molecular flexibility index (Phi) is 7.14. The van der Waals surface area contributed by atoms with Crippen LogP contribution in [0, 0.1) is 5.92 Å². The maximum Gasteiger partial charge on any atom is 0.243 e. The third-order valence-electron chi connectivity index (χ3n) is 6.74. The van der Waals surface area contributed by atoms with Crippen molar-refractivity contribution in [2.75, 3.05) is 17.7 Å². The molecule has 2 amide bonds. The Hall–Kier alpha value is -2.71. The Bertz CT molecular complexity index is 1110. The first kappa shape index (κ1) is 23.4. The van der Waals surface area contributed by atoms with Gasteiger partial charge in [-0.05, 0) is 61.6 Å². The van der Waals surface area contributed by atoms with Crippen molar-refractivity contribution >= 4 is 33.2 Å². The summed E-state index contributed by atoms with van der Waals surface area (Å²) in [4.78, 5) is 25.0. The molecular weight excluding hydrogens is 438 g/mol. The molecule has 0 spiro atoms. The molecule has 1 fully saturated rings. The summed E-state index contributed by atoms with van der Waals surface area (Å²) in [6.07, 6.45) is 6.36. The quantitative estimate of drug-likeness (QED) is 0.636. The number of nitrogens with zero attached hydrogens (tertiary/aromatic N) is 1. The van der Waals surface area contributed by atoms with Gasteiger partial charge in [-0.25, -0.2) is 8.42 Å². The summed E-state index contributed by atoms with van der Waals surface area (Å²) in [6.45, 7) is 0. The van der Waals surface area contributed by atoms with Gasteiger partial charge in [0.2, 0.25) is 21.8 Å². The van der Waals surface area contributed by atoms with E-state index in [0.29, 0.717) is 18.5 Å². The standard InChI is InChI=1S/C25H31N3O4S/c1-28(21-8-3-2-4-9-21)33(31,32)22-14-12-20(13-15-22)26-24(29)16-11-19-17-18-7-5-6-10-23(18)27-25(19)30/h5-7,10,12-15,19,21H,2-4,8-9,11,16-17H2,1H3,(H,26,29)(H,27,30). The number of carbonyl (C=O) groups excluding carboxylic acids is 2. The number of benzene rings is 2. The van der Waals surface area contributed by atoms with Gasteiger partial charge in [0.05, 0.1) is 4.90 Å². The van der Waals surface area contributed by atoms with Gasteiger partial charge in [-0.2, -0.15) is 4.31 Å². The Labute approximate surface area is 195 Å². The zero-order valence-corrected chi connectivity index (χ0v) is 19.7. The van der Waals surface area contributed by atoms with Crippen LogP contribution in [0.4, 0.5) is 11.4 Å². The summed E-state index contributed by atoms with van der Waals surface area (Å²) in [7, 11) is -1.91. The van der Waals surface area contributed by atoms with Gasteiger partial charge in [-0.15, -0.1) is 0 Å². The van der Waals surface area contributed by atoms with E-state index < -0.39 is 10.0 Å². The maximum absolute atomic E-state index is 13.0. The van der Waals surface area contributed by atoms with Crippen LogP contribution in [-0.2, 0) is 26.0 Å². The molecule has 1 atom stereocenters. The second-order valence-electron chi connectivity index (χ2n) is 8.97. The van der Waals surface area contributed by atoms with Gasteiger partial charge in [0.25, 0.3) is 0 Å². The number of carbonyl (C=O) groups is 2. The topological polar surface area (TPSA) is 95.6 Å². The zero-order chi connectivity index (χ0) is 23.4. The number of hydrogen-bond donors (Lipinski definition) is 2. The Morgan fingerprint density at radius 3 is 2.48 bits per heavy atom. The fourth-order valence-corrected chi connectivity index (χ4v) is 6.11. The molecule has 2 N–H and O–H groups in total. The smallest absolute Gasteiger partial charge is 0.243 e. The second-order valence-corrected chi connectivity index (χ2v) is 11.0. The molecule has 2 aromatic carbocycles. The number of anilines is 2. The molecular formula is C25H31N3O4S.